The zero-order valence-corrected chi connectivity index (χ0v) is 15.7. The lowest BCUT2D eigenvalue weighted by Gasteiger charge is -2.26. The third-order valence-corrected chi connectivity index (χ3v) is 4.68. The highest BCUT2D eigenvalue weighted by Crippen LogP contribution is 2.40. The molecule has 1 aromatic carbocycles. The molecule has 1 aliphatic carbocycles. The molecule has 146 valence electrons. The Labute approximate surface area is 166 Å². The summed E-state index contributed by atoms with van der Waals surface area (Å²) in [6.45, 7) is 3.50. The van der Waals surface area contributed by atoms with E-state index in [9.17, 15) is 9.18 Å². The van der Waals surface area contributed by atoms with Crippen LogP contribution < -0.4 is 10.1 Å². The van der Waals surface area contributed by atoms with Crippen LogP contribution in [-0.4, -0.2) is 22.7 Å². The van der Waals surface area contributed by atoms with E-state index in [-0.39, 0.29) is 29.2 Å². The number of nitriles is 1. The second kappa shape index (κ2) is 8.85. The summed E-state index contributed by atoms with van der Waals surface area (Å²) >= 11 is 5.59. The highest BCUT2D eigenvalue weighted by atomic mass is 35.5. The first-order chi connectivity index (χ1) is 13.4. The molecule has 0 atom stereocenters. The third kappa shape index (κ3) is 5.08. The van der Waals surface area contributed by atoms with Crippen molar-refractivity contribution < 1.29 is 18.3 Å². The predicted octanol–water partition coefficient (Wildman–Crippen LogP) is 3.52. The molecule has 9 heteroatoms. The smallest absolute Gasteiger partial charge is 0.262 e. The van der Waals surface area contributed by atoms with Crippen LogP contribution in [0.5, 0.6) is 5.75 Å². The molecule has 0 bridgehead atoms. The minimum Gasteiger partial charge on any atom is -0.484 e. The van der Waals surface area contributed by atoms with Crippen LogP contribution in [0, 0.1) is 23.1 Å². The average molecular weight is 405 g/mol. The number of carbonyl (C=O) groups excluding carboxylic acids is 1. The molecule has 1 N–H and O–H groups in total. The highest BCUT2D eigenvalue weighted by molar-refractivity contribution is 6.30. The summed E-state index contributed by atoms with van der Waals surface area (Å²) in [5, 5.41) is 19.4. The molecular weight excluding hydrogens is 387 g/mol. The Balaban J connectivity index is 1.38. The van der Waals surface area contributed by atoms with Gasteiger partial charge < -0.3 is 14.5 Å². The summed E-state index contributed by atoms with van der Waals surface area (Å²) in [7, 11) is 0. The van der Waals surface area contributed by atoms with E-state index in [1.807, 2.05) is 0 Å². The number of aryl methyl sites for hydroxylation is 1. The molecule has 1 fully saturated rings. The van der Waals surface area contributed by atoms with Crippen molar-refractivity contribution in [2.45, 2.75) is 31.6 Å². The molecular formula is C19H18ClFN4O3. The number of hydrogen-bond donors (Lipinski definition) is 1. The highest BCUT2D eigenvalue weighted by Gasteiger charge is 2.34. The Morgan fingerprint density at radius 2 is 2.25 bits per heavy atom. The molecule has 3 rings (SSSR count). The maximum Gasteiger partial charge on any atom is 0.262 e. The number of hydrogen-bond acceptors (Lipinski definition) is 6. The van der Waals surface area contributed by atoms with Crippen molar-refractivity contribution in [2.24, 2.45) is 5.92 Å². The number of nitrogens with one attached hydrogen (secondary N) is 1. The van der Waals surface area contributed by atoms with Gasteiger partial charge in [-0.1, -0.05) is 18.2 Å². The van der Waals surface area contributed by atoms with E-state index in [2.05, 4.69) is 28.2 Å². The van der Waals surface area contributed by atoms with Gasteiger partial charge in [-0.3, -0.25) is 4.79 Å². The van der Waals surface area contributed by atoms with Gasteiger partial charge in [0.25, 0.3) is 5.91 Å². The summed E-state index contributed by atoms with van der Waals surface area (Å²) in [6.07, 6.45) is 2.36. The van der Waals surface area contributed by atoms with Crippen LogP contribution >= 0.6 is 11.6 Å². The fourth-order valence-electron chi connectivity index (χ4n) is 2.73. The van der Waals surface area contributed by atoms with Crippen LogP contribution in [0.3, 0.4) is 0 Å². The lowest BCUT2D eigenvalue weighted by atomic mass is 9.76. The Morgan fingerprint density at radius 1 is 1.46 bits per heavy atom. The lowest BCUT2D eigenvalue weighted by molar-refractivity contribution is -0.122. The Hall–Kier alpha value is -2.92. The number of rotatable bonds is 8. The molecule has 2 aromatic rings. The van der Waals surface area contributed by atoms with E-state index in [1.54, 1.807) is 0 Å². The molecule has 7 nitrogen and oxygen atoms in total. The van der Waals surface area contributed by atoms with E-state index in [1.165, 1.54) is 12.1 Å². The van der Waals surface area contributed by atoms with Gasteiger partial charge in [0, 0.05) is 30.0 Å². The van der Waals surface area contributed by atoms with Crippen LogP contribution in [0.1, 0.15) is 37.0 Å². The quantitative estimate of drug-likeness (QED) is 0.722. The zero-order chi connectivity index (χ0) is 20.1. The van der Waals surface area contributed by atoms with Crippen molar-refractivity contribution in [2.75, 3.05) is 6.61 Å². The maximum absolute atomic E-state index is 13.3. The summed E-state index contributed by atoms with van der Waals surface area (Å²) < 4.78 is 24.2. The molecule has 1 amide bonds. The second-order valence-corrected chi connectivity index (χ2v) is 6.95. The summed E-state index contributed by atoms with van der Waals surface area (Å²) in [5.74, 6) is 0.413. The van der Waals surface area contributed by atoms with E-state index >= 15 is 0 Å². The van der Waals surface area contributed by atoms with E-state index in [0.29, 0.717) is 30.3 Å². The first-order valence-corrected chi connectivity index (χ1v) is 9.09. The number of nitrogens with zero attached hydrogens (tertiary/aromatic N) is 3. The number of ether oxygens (including phenoxy) is 1. The average Bonchev–Trinajstić information content (AvgIpc) is 3.09. The standard InChI is InChI=1S/C19H18ClFN4O3/c1-11(23-17(26)10-27-14-3-4-15(20)16(21)8-14)2-5-18-24-25-19(28-18)13-6-12(7-13)9-22/h3-4,8,12-13H,1-2,5-7,10H2,(H,23,26)/t12-,13+. The molecule has 1 heterocycles. The SMILES string of the molecule is C=C(CCc1nnc([C@H]2C[C@@H](C#N)C2)o1)NC(=O)COc1ccc(Cl)c(F)c1. The van der Waals surface area contributed by atoms with E-state index in [0.717, 1.165) is 18.9 Å². The topological polar surface area (TPSA) is 101 Å². The minimum absolute atomic E-state index is 0.0171. The van der Waals surface area contributed by atoms with Gasteiger partial charge in [0.15, 0.2) is 6.61 Å². The Bertz CT molecular complexity index is 918. The van der Waals surface area contributed by atoms with Crippen LogP contribution in [0.4, 0.5) is 4.39 Å². The second-order valence-electron chi connectivity index (χ2n) is 6.54. The van der Waals surface area contributed by atoms with Crippen molar-refractivity contribution in [1.29, 1.82) is 5.26 Å². The van der Waals surface area contributed by atoms with Crippen LogP contribution in [0.2, 0.25) is 5.02 Å². The molecule has 1 saturated carbocycles. The first kappa shape index (κ1) is 19.8. The number of carbonyl (C=O) groups is 1. The van der Waals surface area contributed by atoms with Crippen molar-refractivity contribution in [1.82, 2.24) is 15.5 Å². The first-order valence-electron chi connectivity index (χ1n) is 8.72. The number of allylic oxidation sites excluding steroid dienone is 1. The number of amides is 1. The largest absolute Gasteiger partial charge is 0.484 e. The van der Waals surface area contributed by atoms with E-state index in [4.69, 9.17) is 26.0 Å². The minimum atomic E-state index is -0.618. The van der Waals surface area contributed by atoms with Gasteiger partial charge in [0.1, 0.15) is 11.6 Å². The predicted molar refractivity (Wildman–Crippen MR) is 97.9 cm³/mol. The number of benzene rings is 1. The fraction of sp³-hybridized carbons (Fsp3) is 0.368. The molecule has 0 unspecified atom stereocenters. The number of aromatic nitrogens is 2. The van der Waals surface area contributed by atoms with Crippen molar-refractivity contribution in [3.05, 3.63) is 53.1 Å². The van der Waals surface area contributed by atoms with Crippen LogP contribution in [-0.2, 0) is 11.2 Å². The fourth-order valence-corrected chi connectivity index (χ4v) is 2.84. The number of halogens is 2. The lowest BCUT2D eigenvalue weighted by Crippen LogP contribution is -2.28. The molecule has 1 aromatic heterocycles. The third-order valence-electron chi connectivity index (χ3n) is 4.37. The van der Waals surface area contributed by atoms with Gasteiger partial charge in [-0.15, -0.1) is 10.2 Å². The van der Waals surface area contributed by atoms with Gasteiger partial charge in [0.05, 0.1) is 11.1 Å². The maximum atomic E-state index is 13.3. The van der Waals surface area contributed by atoms with Gasteiger partial charge >= 0.3 is 0 Å². The summed E-state index contributed by atoms with van der Waals surface area (Å²) in [6, 6.07) is 6.15. The zero-order valence-electron chi connectivity index (χ0n) is 15.0. The van der Waals surface area contributed by atoms with Crippen LogP contribution in [0.15, 0.2) is 34.9 Å². The molecule has 28 heavy (non-hydrogen) atoms. The van der Waals surface area contributed by atoms with Gasteiger partial charge in [-0.2, -0.15) is 5.26 Å². The Morgan fingerprint density at radius 3 is 2.96 bits per heavy atom. The molecule has 1 aliphatic rings. The normalized spacial score (nSPS) is 18.0. The van der Waals surface area contributed by atoms with Gasteiger partial charge in [0.2, 0.25) is 11.8 Å². The summed E-state index contributed by atoms with van der Waals surface area (Å²) in [4.78, 5) is 11.9. The Kier molecular flexibility index (Phi) is 6.26. The molecule has 0 aliphatic heterocycles. The molecule has 0 saturated heterocycles. The van der Waals surface area contributed by atoms with Crippen molar-refractivity contribution in [3.63, 3.8) is 0 Å². The van der Waals surface area contributed by atoms with Crippen molar-refractivity contribution in [3.8, 4) is 11.8 Å². The van der Waals surface area contributed by atoms with Crippen molar-refractivity contribution >= 4 is 17.5 Å². The monoisotopic (exact) mass is 404 g/mol. The van der Waals surface area contributed by atoms with Crippen LogP contribution in [0.25, 0.3) is 0 Å². The van der Waals surface area contributed by atoms with E-state index < -0.39 is 11.7 Å². The molecule has 0 radical (unpaired) electrons. The van der Waals surface area contributed by atoms with Gasteiger partial charge in [-0.25, -0.2) is 4.39 Å². The summed E-state index contributed by atoms with van der Waals surface area (Å²) in [5.41, 5.74) is 0.476. The van der Waals surface area contributed by atoms with Gasteiger partial charge in [-0.05, 0) is 31.4 Å². The molecule has 0 spiro atoms.